The lowest BCUT2D eigenvalue weighted by molar-refractivity contribution is 0.321. The molecule has 4 nitrogen and oxygen atoms in total. The first kappa shape index (κ1) is 17.6. The Bertz CT molecular complexity index is 895. The predicted molar refractivity (Wildman–Crippen MR) is 106 cm³/mol. The zero-order chi connectivity index (χ0) is 17.9. The second kappa shape index (κ2) is 7.82. The molecule has 1 aliphatic rings. The van der Waals surface area contributed by atoms with Crippen molar-refractivity contribution in [2.45, 2.75) is 44.7 Å². The normalized spacial score (nSPS) is 20.2. The lowest BCUT2D eigenvalue weighted by atomic mass is 9.94. The van der Waals surface area contributed by atoms with Gasteiger partial charge in [-0.25, -0.2) is 4.98 Å². The fraction of sp³-hybridized carbons (Fsp3) is 0.350. The highest BCUT2D eigenvalue weighted by molar-refractivity contribution is 7.11. The maximum absolute atomic E-state index is 6.34. The molecule has 0 aliphatic carbocycles. The summed E-state index contributed by atoms with van der Waals surface area (Å²) in [6, 6.07) is 10.5. The number of hydrogen-bond donors (Lipinski definition) is 1. The Balaban J connectivity index is 1.52. The van der Waals surface area contributed by atoms with Gasteiger partial charge in [0.2, 0.25) is 0 Å². The van der Waals surface area contributed by atoms with E-state index in [0.717, 1.165) is 52.8 Å². The van der Waals surface area contributed by atoms with E-state index in [-0.39, 0.29) is 12.1 Å². The Kier molecular flexibility index (Phi) is 5.29. The number of pyridine rings is 2. The Labute approximate surface area is 162 Å². The minimum Gasteiger partial charge on any atom is -0.300 e. The van der Waals surface area contributed by atoms with Crippen LogP contribution in [-0.2, 0) is 6.42 Å². The van der Waals surface area contributed by atoms with Gasteiger partial charge in [-0.3, -0.25) is 9.97 Å². The number of aromatic nitrogens is 3. The van der Waals surface area contributed by atoms with Crippen LogP contribution in [0.1, 0.15) is 58.3 Å². The zero-order valence-corrected chi connectivity index (χ0v) is 16.2. The Hall–Kier alpha value is -1.82. The van der Waals surface area contributed by atoms with Crippen LogP contribution in [0.15, 0.2) is 42.7 Å². The van der Waals surface area contributed by atoms with Crippen LogP contribution in [0.4, 0.5) is 0 Å². The molecule has 0 bridgehead atoms. The van der Waals surface area contributed by atoms with Crippen LogP contribution in [-0.4, -0.2) is 15.0 Å². The summed E-state index contributed by atoms with van der Waals surface area (Å²) in [5, 5.41) is 5.54. The number of nitrogens with zero attached hydrogens (tertiary/aromatic N) is 3. The molecule has 1 aliphatic heterocycles. The standard InChI is InChI=1S/C20H21ClN4S/c1-13-12-23-19(26-13)11-14-5-2-7-16(24-14)17-8-3-9-18(25-17)20-15(21)6-4-10-22-20/h2,4-7,10,12,17-18,25H,3,8-9,11H2,1H3/t17-,18+/m1/s1. The number of thiazole rings is 1. The van der Waals surface area contributed by atoms with Gasteiger partial charge in [0.25, 0.3) is 0 Å². The molecule has 1 N–H and O–H groups in total. The van der Waals surface area contributed by atoms with E-state index in [0.29, 0.717) is 0 Å². The van der Waals surface area contributed by atoms with E-state index in [1.165, 1.54) is 4.88 Å². The Morgan fingerprint density at radius 3 is 2.85 bits per heavy atom. The van der Waals surface area contributed by atoms with Crippen molar-refractivity contribution < 1.29 is 0 Å². The molecule has 4 rings (SSSR count). The number of rotatable bonds is 4. The third-order valence-corrected chi connectivity index (χ3v) is 5.92. The second-order valence-corrected chi connectivity index (χ2v) is 8.39. The number of piperidine rings is 1. The molecule has 0 amide bonds. The van der Waals surface area contributed by atoms with Crippen molar-refractivity contribution in [1.82, 2.24) is 20.3 Å². The molecule has 0 aromatic carbocycles. The molecule has 26 heavy (non-hydrogen) atoms. The fourth-order valence-corrected chi connectivity index (χ4v) is 4.52. The predicted octanol–water partition coefficient (Wildman–Crippen LogP) is 5.04. The van der Waals surface area contributed by atoms with Crippen molar-refractivity contribution in [1.29, 1.82) is 0 Å². The van der Waals surface area contributed by atoms with Crippen LogP contribution in [0, 0.1) is 6.92 Å². The van der Waals surface area contributed by atoms with Crippen molar-refractivity contribution in [3.8, 4) is 0 Å². The van der Waals surface area contributed by atoms with Gasteiger partial charge in [0.1, 0.15) is 0 Å². The third-order valence-electron chi connectivity index (χ3n) is 4.69. The fourth-order valence-electron chi connectivity index (χ4n) is 3.47. The van der Waals surface area contributed by atoms with Gasteiger partial charge in [-0.2, -0.15) is 0 Å². The summed E-state index contributed by atoms with van der Waals surface area (Å²) in [7, 11) is 0. The zero-order valence-electron chi connectivity index (χ0n) is 14.7. The monoisotopic (exact) mass is 384 g/mol. The molecular weight excluding hydrogens is 364 g/mol. The smallest absolute Gasteiger partial charge is 0.0987 e. The summed E-state index contributed by atoms with van der Waals surface area (Å²) in [6.45, 7) is 2.08. The van der Waals surface area contributed by atoms with E-state index in [9.17, 15) is 0 Å². The summed E-state index contributed by atoms with van der Waals surface area (Å²) >= 11 is 8.08. The maximum atomic E-state index is 6.34. The second-order valence-electron chi connectivity index (χ2n) is 6.67. The van der Waals surface area contributed by atoms with Crippen LogP contribution in [0.5, 0.6) is 0 Å². The molecule has 4 heterocycles. The van der Waals surface area contributed by atoms with E-state index in [1.807, 2.05) is 18.3 Å². The molecule has 0 saturated carbocycles. The van der Waals surface area contributed by atoms with Crippen molar-refractivity contribution in [2.24, 2.45) is 0 Å². The first-order chi connectivity index (χ1) is 12.7. The first-order valence-electron chi connectivity index (χ1n) is 8.92. The highest BCUT2D eigenvalue weighted by Crippen LogP contribution is 2.33. The van der Waals surface area contributed by atoms with Crippen molar-refractivity contribution in [3.63, 3.8) is 0 Å². The first-order valence-corrected chi connectivity index (χ1v) is 10.1. The largest absolute Gasteiger partial charge is 0.300 e. The highest BCUT2D eigenvalue weighted by Gasteiger charge is 2.26. The van der Waals surface area contributed by atoms with Gasteiger partial charge in [-0.1, -0.05) is 17.7 Å². The summed E-state index contributed by atoms with van der Waals surface area (Å²) < 4.78 is 0. The SMILES string of the molecule is Cc1cnc(Cc2cccc([C@H]3CCC[C@@H](c4ncccc4Cl)N3)n2)s1. The summed E-state index contributed by atoms with van der Waals surface area (Å²) in [5.74, 6) is 0. The van der Waals surface area contributed by atoms with E-state index in [2.05, 4.69) is 40.4 Å². The van der Waals surface area contributed by atoms with E-state index in [4.69, 9.17) is 16.6 Å². The van der Waals surface area contributed by atoms with Gasteiger partial charge in [-0.15, -0.1) is 11.3 Å². The van der Waals surface area contributed by atoms with Gasteiger partial charge >= 0.3 is 0 Å². The molecule has 0 unspecified atom stereocenters. The van der Waals surface area contributed by atoms with E-state index in [1.54, 1.807) is 17.5 Å². The number of hydrogen-bond acceptors (Lipinski definition) is 5. The lowest BCUT2D eigenvalue weighted by Crippen LogP contribution is -2.32. The summed E-state index contributed by atoms with van der Waals surface area (Å²) in [4.78, 5) is 15.1. The van der Waals surface area contributed by atoms with Crippen molar-refractivity contribution >= 4 is 22.9 Å². The minimum atomic E-state index is 0.175. The maximum Gasteiger partial charge on any atom is 0.0987 e. The molecule has 0 spiro atoms. The molecule has 1 saturated heterocycles. The van der Waals surface area contributed by atoms with Gasteiger partial charge in [0.15, 0.2) is 0 Å². The van der Waals surface area contributed by atoms with Crippen molar-refractivity contribution in [2.75, 3.05) is 0 Å². The summed E-state index contributed by atoms with van der Waals surface area (Å²) in [5.41, 5.74) is 3.09. The van der Waals surface area contributed by atoms with E-state index < -0.39 is 0 Å². The highest BCUT2D eigenvalue weighted by atomic mass is 35.5. The number of aryl methyl sites for hydroxylation is 1. The molecule has 3 aromatic rings. The molecular formula is C20H21ClN4S. The molecule has 2 atom stereocenters. The topological polar surface area (TPSA) is 50.7 Å². The number of nitrogens with one attached hydrogen (secondary N) is 1. The quantitative estimate of drug-likeness (QED) is 0.684. The van der Waals surface area contributed by atoms with Gasteiger partial charge in [0.05, 0.1) is 27.5 Å². The van der Waals surface area contributed by atoms with Crippen LogP contribution in [0.3, 0.4) is 0 Å². The van der Waals surface area contributed by atoms with Crippen LogP contribution < -0.4 is 5.32 Å². The minimum absolute atomic E-state index is 0.175. The van der Waals surface area contributed by atoms with Gasteiger partial charge in [0, 0.05) is 35.4 Å². The molecule has 1 fully saturated rings. The molecule has 6 heteroatoms. The van der Waals surface area contributed by atoms with Gasteiger partial charge < -0.3 is 5.32 Å². The third kappa shape index (κ3) is 3.95. The number of halogens is 1. The average Bonchev–Trinajstić information content (AvgIpc) is 3.07. The van der Waals surface area contributed by atoms with Gasteiger partial charge in [-0.05, 0) is 50.5 Å². The van der Waals surface area contributed by atoms with Crippen molar-refractivity contribution in [3.05, 3.63) is 74.7 Å². The molecule has 3 aromatic heterocycles. The summed E-state index contributed by atoms with van der Waals surface area (Å²) in [6.07, 6.45) is 7.77. The molecule has 0 radical (unpaired) electrons. The molecule has 134 valence electrons. The van der Waals surface area contributed by atoms with E-state index >= 15 is 0 Å². The van der Waals surface area contributed by atoms with Crippen LogP contribution in [0.25, 0.3) is 0 Å². The van der Waals surface area contributed by atoms with Crippen LogP contribution in [0.2, 0.25) is 5.02 Å². The average molecular weight is 385 g/mol. The Morgan fingerprint density at radius 1 is 1.15 bits per heavy atom. The van der Waals surface area contributed by atoms with Crippen LogP contribution >= 0.6 is 22.9 Å². The Morgan fingerprint density at radius 2 is 2.04 bits per heavy atom. The lowest BCUT2D eigenvalue weighted by Gasteiger charge is -2.31.